The van der Waals surface area contributed by atoms with E-state index in [-0.39, 0.29) is 0 Å². The summed E-state index contributed by atoms with van der Waals surface area (Å²) in [5.74, 6) is 0.703. The van der Waals surface area contributed by atoms with Gasteiger partial charge in [0.1, 0.15) is 0 Å². The molecule has 2 aromatic rings. The first kappa shape index (κ1) is 14.9. The van der Waals surface area contributed by atoms with Gasteiger partial charge in [-0.3, -0.25) is 0 Å². The SMILES string of the molecule is C[C@H](O)c1ccc(C#N)cc1SCc1ccccc1Cl. The summed E-state index contributed by atoms with van der Waals surface area (Å²) in [6.07, 6.45) is -0.559. The van der Waals surface area contributed by atoms with Crippen molar-refractivity contribution < 1.29 is 5.11 Å². The largest absolute Gasteiger partial charge is 0.389 e. The van der Waals surface area contributed by atoms with Gasteiger partial charge in [-0.1, -0.05) is 35.9 Å². The second-order valence-corrected chi connectivity index (χ2v) is 5.84. The predicted molar refractivity (Wildman–Crippen MR) is 82.8 cm³/mol. The van der Waals surface area contributed by atoms with E-state index in [0.29, 0.717) is 11.3 Å². The molecule has 2 aromatic carbocycles. The molecule has 2 rings (SSSR count). The van der Waals surface area contributed by atoms with Gasteiger partial charge in [0.2, 0.25) is 0 Å². The third kappa shape index (κ3) is 3.55. The first-order chi connectivity index (χ1) is 9.61. The third-order valence-corrected chi connectivity index (χ3v) is 4.42. The Bertz CT molecular complexity index is 649. The molecule has 0 aliphatic rings. The molecule has 20 heavy (non-hydrogen) atoms. The molecule has 0 aliphatic heterocycles. The minimum absolute atomic E-state index is 0.559. The maximum absolute atomic E-state index is 9.80. The summed E-state index contributed by atoms with van der Waals surface area (Å²) in [6.45, 7) is 1.72. The minimum Gasteiger partial charge on any atom is -0.389 e. The molecule has 0 fully saturated rings. The molecule has 0 spiro atoms. The van der Waals surface area contributed by atoms with E-state index in [2.05, 4.69) is 6.07 Å². The molecule has 1 N–H and O–H groups in total. The van der Waals surface area contributed by atoms with E-state index in [1.807, 2.05) is 30.3 Å². The van der Waals surface area contributed by atoms with E-state index in [1.165, 1.54) is 0 Å². The number of nitriles is 1. The van der Waals surface area contributed by atoms with Crippen LogP contribution in [-0.2, 0) is 5.75 Å². The molecule has 2 nitrogen and oxygen atoms in total. The Morgan fingerprint density at radius 2 is 2.05 bits per heavy atom. The van der Waals surface area contributed by atoms with Crippen molar-refractivity contribution in [3.63, 3.8) is 0 Å². The highest BCUT2D eigenvalue weighted by atomic mass is 35.5. The minimum atomic E-state index is -0.559. The summed E-state index contributed by atoms with van der Waals surface area (Å²) in [5.41, 5.74) is 2.47. The van der Waals surface area contributed by atoms with Crippen LogP contribution in [0.25, 0.3) is 0 Å². The van der Waals surface area contributed by atoms with Crippen molar-refractivity contribution in [2.45, 2.75) is 23.7 Å². The number of halogens is 1. The second kappa shape index (κ2) is 6.81. The summed E-state index contributed by atoms with van der Waals surface area (Å²) in [4.78, 5) is 0.916. The fourth-order valence-electron chi connectivity index (χ4n) is 1.85. The molecule has 1 atom stereocenters. The molecule has 4 heteroatoms. The standard InChI is InChI=1S/C16H14ClNOS/c1-11(19)14-7-6-12(9-18)8-16(14)20-10-13-4-2-3-5-15(13)17/h2-8,11,19H,10H2,1H3/t11-/m0/s1. The zero-order chi connectivity index (χ0) is 14.5. The normalized spacial score (nSPS) is 11.9. The van der Waals surface area contributed by atoms with Gasteiger partial charge in [-0.15, -0.1) is 11.8 Å². The Labute approximate surface area is 128 Å². The molecule has 102 valence electrons. The molecular formula is C16H14ClNOS. The number of hydrogen-bond acceptors (Lipinski definition) is 3. The quantitative estimate of drug-likeness (QED) is 0.842. The van der Waals surface area contributed by atoms with Crippen LogP contribution in [0.4, 0.5) is 0 Å². The number of hydrogen-bond donors (Lipinski definition) is 1. The molecule has 0 saturated carbocycles. The van der Waals surface area contributed by atoms with Crippen LogP contribution < -0.4 is 0 Å². The number of benzene rings is 2. The van der Waals surface area contributed by atoms with E-state index < -0.39 is 6.10 Å². The van der Waals surface area contributed by atoms with E-state index in [0.717, 1.165) is 21.0 Å². The fourth-order valence-corrected chi connectivity index (χ4v) is 3.31. The zero-order valence-electron chi connectivity index (χ0n) is 11.0. The van der Waals surface area contributed by atoms with E-state index in [9.17, 15) is 5.11 Å². The topological polar surface area (TPSA) is 44.0 Å². The van der Waals surface area contributed by atoms with Crippen LogP contribution in [0.2, 0.25) is 5.02 Å². The van der Waals surface area contributed by atoms with Gasteiger partial charge in [0, 0.05) is 15.7 Å². The summed E-state index contributed by atoms with van der Waals surface area (Å²) < 4.78 is 0. The molecular weight excluding hydrogens is 290 g/mol. The molecule has 0 aromatic heterocycles. The van der Waals surface area contributed by atoms with Crippen LogP contribution in [0.5, 0.6) is 0 Å². The number of aliphatic hydroxyl groups excluding tert-OH is 1. The van der Waals surface area contributed by atoms with E-state index >= 15 is 0 Å². The maximum Gasteiger partial charge on any atom is 0.0992 e. The van der Waals surface area contributed by atoms with E-state index in [4.69, 9.17) is 16.9 Å². The van der Waals surface area contributed by atoms with Gasteiger partial charge in [-0.25, -0.2) is 0 Å². The van der Waals surface area contributed by atoms with Crippen LogP contribution in [0.3, 0.4) is 0 Å². The van der Waals surface area contributed by atoms with Crippen molar-refractivity contribution in [1.29, 1.82) is 5.26 Å². The summed E-state index contributed by atoms with van der Waals surface area (Å²) >= 11 is 7.71. The summed E-state index contributed by atoms with van der Waals surface area (Å²) in [7, 11) is 0. The van der Waals surface area contributed by atoms with Gasteiger partial charge in [0.15, 0.2) is 0 Å². The van der Waals surface area contributed by atoms with Crippen LogP contribution in [0.1, 0.15) is 29.7 Å². The smallest absolute Gasteiger partial charge is 0.0992 e. The fraction of sp³-hybridized carbons (Fsp3) is 0.188. The molecule has 0 radical (unpaired) electrons. The van der Waals surface area contributed by atoms with E-state index in [1.54, 1.807) is 30.8 Å². The van der Waals surface area contributed by atoms with Crippen molar-refractivity contribution >= 4 is 23.4 Å². The van der Waals surface area contributed by atoms with Gasteiger partial charge in [-0.05, 0) is 36.2 Å². The monoisotopic (exact) mass is 303 g/mol. The predicted octanol–water partition coefficient (Wildman–Crippen LogP) is 4.56. The van der Waals surface area contributed by atoms with Crippen molar-refractivity contribution in [3.8, 4) is 6.07 Å². The Balaban J connectivity index is 2.24. The number of aliphatic hydroxyl groups is 1. The van der Waals surface area contributed by atoms with Gasteiger partial charge >= 0.3 is 0 Å². The Morgan fingerprint density at radius 1 is 1.30 bits per heavy atom. The Hall–Kier alpha value is -1.47. The van der Waals surface area contributed by atoms with Gasteiger partial charge in [-0.2, -0.15) is 5.26 Å². The second-order valence-electron chi connectivity index (χ2n) is 4.42. The van der Waals surface area contributed by atoms with Crippen molar-refractivity contribution in [1.82, 2.24) is 0 Å². The van der Waals surface area contributed by atoms with Gasteiger partial charge in [0.25, 0.3) is 0 Å². The first-order valence-corrected chi connectivity index (χ1v) is 7.56. The number of rotatable bonds is 4. The summed E-state index contributed by atoms with van der Waals surface area (Å²) in [5, 5.41) is 19.5. The number of thioether (sulfide) groups is 1. The lowest BCUT2D eigenvalue weighted by Crippen LogP contribution is -1.95. The van der Waals surface area contributed by atoms with Crippen LogP contribution in [0, 0.1) is 11.3 Å². The van der Waals surface area contributed by atoms with Crippen LogP contribution in [-0.4, -0.2) is 5.11 Å². The Morgan fingerprint density at radius 3 is 2.70 bits per heavy atom. The van der Waals surface area contributed by atoms with Crippen molar-refractivity contribution in [3.05, 3.63) is 64.2 Å². The van der Waals surface area contributed by atoms with Crippen molar-refractivity contribution in [2.75, 3.05) is 0 Å². The lowest BCUT2D eigenvalue weighted by Gasteiger charge is -2.12. The highest BCUT2D eigenvalue weighted by Gasteiger charge is 2.10. The molecule has 0 amide bonds. The van der Waals surface area contributed by atoms with Crippen molar-refractivity contribution in [2.24, 2.45) is 0 Å². The van der Waals surface area contributed by atoms with Crippen LogP contribution >= 0.6 is 23.4 Å². The third-order valence-electron chi connectivity index (χ3n) is 2.93. The molecule has 0 heterocycles. The zero-order valence-corrected chi connectivity index (χ0v) is 12.6. The lowest BCUT2D eigenvalue weighted by molar-refractivity contribution is 0.196. The first-order valence-electron chi connectivity index (χ1n) is 6.20. The number of nitrogens with zero attached hydrogens (tertiary/aromatic N) is 1. The highest BCUT2D eigenvalue weighted by Crippen LogP contribution is 2.32. The van der Waals surface area contributed by atoms with Gasteiger partial charge < -0.3 is 5.11 Å². The Kier molecular flexibility index (Phi) is 5.08. The molecule has 0 unspecified atom stereocenters. The van der Waals surface area contributed by atoms with Crippen LogP contribution in [0.15, 0.2) is 47.4 Å². The average molecular weight is 304 g/mol. The molecule has 0 saturated heterocycles. The summed E-state index contributed by atoms with van der Waals surface area (Å²) in [6, 6.07) is 15.1. The highest BCUT2D eigenvalue weighted by molar-refractivity contribution is 7.98. The molecule has 0 aliphatic carbocycles. The van der Waals surface area contributed by atoms with Gasteiger partial charge in [0.05, 0.1) is 17.7 Å². The lowest BCUT2D eigenvalue weighted by atomic mass is 10.1. The molecule has 0 bridgehead atoms. The maximum atomic E-state index is 9.80. The average Bonchev–Trinajstić information content (AvgIpc) is 2.46.